The molecule has 0 saturated carbocycles. The van der Waals surface area contributed by atoms with Gasteiger partial charge in [0.25, 0.3) is 5.91 Å². The van der Waals surface area contributed by atoms with E-state index in [4.69, 9.17) is 16.6 Å². The van der Waals surface area contributed by atoms with Gasteiger partial charge < -0.3 is 9.80 Å². The number of amides is 1. The summed E-state index contributed by atoms with van der Waals surface area (Å²) < 4.78 is 2.74. The van der Waals surface area contributed by atoms with Crippen molar-refractivity contribution in [3.05, 3.63) is 40.7 Å². The topological polar surface area (TPSA) is 54.3 Å². The molecule has 1 aliphatic heterocycles. The number of fused-ring (bicyclic) bond motifs is 1. The van der Waals surface area contributed by atoms with E-state index in [1.165, 1.54) is 0 Å². The minimum absolute atomic E-state index is 0.0493. The van der Waals surface area contributed by atoms with Crippen LogP contribution >= 0.6 is 22.9 Å². The lowest BCUT2D eigenvalue weighted by Crippen LogP contribution is -2.49. The van der Waals surface area contributed by atoms with Gasteiger partial charge in [-0.25, -0.2) is 4.98 Å². The summed E-state index contributed by atoms with van der Waals surface area (Å²) >= 11 is 7.70. The molecule has 0 spiro atoms. The Morgan fingerprint density at radius 3 is 2.68 bits per heavy atom. The molecule has 1 aromatic carbocycles. The van der Waals surface area contributed by atoms with Crippen molar-refractivity contribution in [3.63, 3.8) is 0 Å². The molecule has 1 fully saturated rings. The number of carbonyl (C=O) groups is 1. The van der Waals surface area contributed by atoms with Crippen LogP contribution in [0.15, 0.2) is 24.4 Å². The molecule has 0 bridgehead atoms. The zero-order valence-corrected chi connectivity index (χ0v) is 15.6. The van der Waals surface area contributed by atoms with Crippen LogP contribution in [-0.4, -0.2) is 51.8 Å². The fraction of sp³-hybridized carbons (Fsp3) is 0.353. The minimum atomic E-state index is 0.0493. The van der Waals surface area contributed by atoms with E-state index >= 15 is 0 Å². The number of aromatic nitrogens is 3. The molecule has 0 N–H and O–H groups in total. The first kappa shape index (κ1) is 16.4. The van der Waals surface area contributed by atoms with Gasteiger partial charge in [-0.15, -0.1) is 0 Å². The molecule has 3 aromatic rings. The second-order valence-electron chi connectivity index (χ2n) is 6.19. The number of thiazole rings is 1. The molecule has 25 heavy (non-hydrogen) atoms. The fourth-order valence-electron chi connectivity index (χ4n) is 3.13. The van der Waals surface area contributed by atoms with Gasteiger partial charge in [-0.1, -0.05) is 22.9 Å². The summed E-state index contributed by atoms with van der Waals surface area (Å²) in [4.78, 5) is 21.6. The number of carbonyl (C=O) groups excluding carboxylic acids is 1. The van der Waals surface area contributed by atoms with E-state index in [1.807, 2.05) is 37.1 Å². The van der Waals surface area contributed by atoms with Crippen LogP contribution in [-0.2, 0) is 7.05 Å². The van der Waals surface area contributed by atoms with Crippen molar-refractivity contribution in [1.82, 2.24) is 19.7 Å². The van der Waals surface area contributed by atoms with E-state index in [2.05, 4.69) is 10.00 Å². The van der Waals surface area contributed by atoms with E-state index in [0.29, 0.717) is 18.8 Å². The average Bonchev–Trinajstić information content (AvgIpc) is 3.17. The van der Waals surface area contributed by atoms with Crippen molar-refractivity contribution in [2.75, 3.05) is 31.1 Å². The van der Waals surface area contributed by atoms with Crippen LogP contribution in [0.3, 0.4) is 0 Å². The van der Waals surface area contributed by atoms with Gasteiger partial charge in [0.1, 0.15) is 5.69 Å². The Kier molecular flexibility index (Phi) is 4.13. The van der Waals surface area contributed by atoms with Crippen LogP contribution in [0.5, 0.6) is 0 Å². The molecule has 130 valence electrons. The van der Waals surface area contributed by atoms with Gasteiger partial charge in [-0.2, -0.15) is 5.10 Å². The molecule has 6 nitrogen and oxygen atoms in total. The zero-order valence-electron chi connectivity index (χ0n) is 14.1. The molecule has 0 unspecified atom stereocenters. The van der Waals surface area contributed by atoms with Gasteiger partial charge in [-0.3, -0.25) is 9.48 Å². The summed E-state index contributed by atoms with van der Waals surface area (Å²) in [6.07, 6.45) is 1.73. The van der Waals surface area contributed by atoms with E-state index in [1.54, 1.807) is 22.2 Å². The van der Waals surface area contributed by atoms with Gasteiger partial charge in [0, 0.05) is 38.2 Å². The molecule has 4 rings (SSSR count). The van der Waals surface area contributed by atoms with Crippen LogP contribution in [0.4, 0.5) is 5.13 Å². The van der Waals surface area contributed by atoms with Crippen LogP contribution < -0.4 is 4.90 Å². The third-order valence-electron chi connectivity index (χ3n) is 4.50. The SMILES string of the molecule is Cc1cnn(C)c1C(=O)N1CCN(c2nc3ccc(Cl)cc3s2)CC1. The number of hydrogen-bond acceptors (Lipinski definition) is 5. The number of piperazine rings is 1. The number of hydrogen-bond donors (Lipinski definition) is 0. The maximum Gasteiger partial charge on any atom is 0.272 e. The molecule has 8 heteroatoms. The Balaban J connectivity index is 1.48. The van der Waals surface area contributed by atoms with E-state index in [0.717, 1.165) is 39.0 Å². The van der Waals surface area contributed by atoms with Gasteiger partial charge in [0.15, 0.2) is 5.13 Å². The van der Waals surface area contributed by atoms with Crippen molar-refractivity contribution in [1.29, 1.82) is 0 Å². The molecular formula is C17H18ClN5OS. The van der Waals surface area contributed by atoms with Crippen molar-refractivity contribution >= 4 is 44.2 Å². The number of rotatable bonds is 2. The monoisotopic (exact) mass is 375 g/mol. The smallest absolute Gasteiger partial charge is 0.272 e. The highest BCUT2D eigenvalue weighted by molar-refractivity contribution is 7.22. The van der Waals surface area contributed by atoms with Gasteiger partial charge in [0.2, 0.25) is 0 Å². The quantitative estimate of drug-likeness (QED) is 0.691. The third kappa shape index (κ3) is 2.98. The van der Waals surface area contributed by atoms with E-state index in [-0.39, 0.29) is 5.91 Å². The second kappa shape index (κ2) is 6.31. The van der Waals surface area contributed by atoms with Crippen LogP contribution in [0, 0.1) is 6.92 Å². The Bertz CT molecular complexity index is 922. The third-order valence-corrected chi connectivity index (χ3v) is 5.81. The number of aryl methyl sites for hydroxylation is 2. The van der Waals surface area contributed by atoms with E-state index in [9.17, 15) is 4.79 Å². The summed E-state index contributed by atoms with van der Waals surface area (Å²) in [6, 6.07) is 5.76. The maximum absolute atomic E-state index is 12.7. The Hall–Kier alpha value is -2.12. The van der Waals surface area contributed by atoms with Crippen molar-refractivity contribution < 1.29 is 4.79 Å². The normalized spacial score (nSPS) is 15.2. The number of nitrogens with zero attached hydrogens (tertiary/aromatic N) is 5. The highest BCUT2D eigenvalue weighted by Gasteiger charge is 2.26. The Morgan fingerprint density at radius 1 is 1.24 bits per heavy atom. The molecule has 2 aromatic heterocycles. The average molecular weight is 376 g/mol. The first-order chi connectivity index (χ1) is 12.0. The van der Waals surface area contributed by atoms with Crippen molar-refractivity contribution in [3.8, 4) is 0 Å². The summed E-state index contributed by atoms with van der Waals surface area (Å²) in [6.45, 7) is 4.83. The summed E-state index contributed by atoms with van der Waals surface area (Å²) in [5.74, 6) is 0.0493. The standard InChI is InChI=1S/C17H18ClN5OS/c1-11-10-19-21(2)15(11)16(24)22-5-7-23(8-6-22)17-20-13-4-3-12(18)9-14(13)25-17/h3-4,9-10H,5-8H2,1-2H3. The molecule has 3 heterocycles. The lowest BCUT2D eigenvalue weighted by molar-refractivity contribution is 0.0735. The molecule has 1 amide bonds. The lowest BCUT2D eigenvalue weighted by Gasteiger charge is -2.34. The number of anilines is 1. The van der Waals surface area contributed by atoms with Gasteiger partial charge in [0.05, 0.1) is 16.4 Å². The highest BCUT2D eigenvalue weighted by Crippen LogP contribution is 2.31. The lowest BCUT2D eigenvalue weighted by atomic mass is 10.2. The molecule has 1 aliphatic rings. The summed E-state index contributed by atoms with van der Waals surface area (Å²) in [5, 5.41) is 5.88. The van der Waals surface area contributed by atoms with Crippen LogP contribution in [0.2, 0.25) is 5.02 Å². The first-order valence-electron chi connectivity index (χ1n) is 8.12. The van der Waals surface area contributed by atoms with Crippen molar-refractivity contribution in [2.24, 2.45) is 7.05 Å². The van der Waals surface area contributed by atoms with Gasteiger partial charge >= 0.3 is 0 Å². The first-order valence-corrected chi connectivity index (χ1v) is 9.31. The molecule has 0 atom stereocenters. The fourth-order valence-corrected chi connectivity index (χ4v) is 4.42. The predicted molar refractivity (Wildman–Crippen MR) is 101 cm³/mol. The highest BCUT2D eigenvalue weighted by atomic mass is 35.5. The zero-order chi connectivity index (χ0) is 17.6. The largest absolute Gasteiger partial charge is 0.345 e. The molecule has 1 saturated heterocycles. The van der Waals surface area contributed by atoms with Gasteiger partial charge in [-0.05, 0) is 30.7 Å². The number of benzene rings is 1. The van der Waals surface area contributed by atoms with Crippen molar-refractivity contribution in [2.45, 2.75) is 6.92 Å². The van der Waals surface area contributed by atoms with Crippen LogP contribution in [0.1, 0.15) is 16.1 Å². The maximum atomic E-state index is 12.7. The minimum Gasteiger partial charge on any atom is -0.345 e. The molecular weight excluding hydrogens is 358 g/mol. The second-order valence-corrected chi connectivity index (χ2v) is 7.63. The van der Waals surface area contributed by atoms with E-state index < -0.39 is 0 Å². The van der Waals surface area contributed by atoms with Crippen LogP contribution in [0.25, 0.3) is 10.2 Å². The summed E-state index contributed by atoms with van der Waals surface area (Å²) in [5.41, 5.74) is 2.55. The number of halogens is 1. The Labute approximate surface area is 154 Å². The predicted octanol–water partition coefficient (Wildman–Crippen LogP) is 2.95. The summed E-state index contributed by atoms with van der Waals surface area (Å²) in [7, 11) is 1.81. The molecule has 0 radical (unpaired) electrons. The molecule has 0 aliphatic carbocycles. The Morgan fingerprint density at radius 2 is 2.00 bits per heavy atom.